The normalized spacial score (nSPS) is 26.4. The molecular formula is C14H27NOS. The molecule has 1 atom stereocenters. The van der Waals surface area contributed by atoms with Gasteiger partial charge in [-0.05, 0) is 56.9 Å². The van der Waals surface area contributed by atoms with Crippen molar-refractivity contribution in [2.75, 3.05) is 18.6 Å². The molecule has 1 spiro atoms. The molecule has 17 heavy (non-hydrogen) atoms. The second-order valence-electron chi connectivity index (χ2n) is 6.07. The average Bonchev–Trinajstić information content (AvgIpc) is 2.75. The van der Waals surface area contributed by atoms with Crippen molar-refractivity contribution in [3.63, 3.8) is 0 Å². The number of nitrogens with one attached hydrogen (secondary N) is 1. The first-order valence-corrected chi connectivity index (χ1v) is 8.96. The molecule has 2 fully saturated rings. The molecule has 0 aromatic rings. The van der Waals surface area contributed by atoms with E-state index in [2.05, 4.69) is 5.32 Å². The third-order valence-corrected chi connectivity index (χ3v) is 5.62. The lowest BCUT2D eigenvalue weighted by Crippen LogP contribution is -2.37. The van der Waals surface area contributed by atoms with Crippen molar-refractivity contribution in [1.82, 2.24) is 5.32 Å². The van der Waals surface area contributed by atoms with Crippen molar-refractivity contribution in [2.24, 2.45) is 5.41 Å². The van der Waals surface area contributed by atoms with Crippen LogP contribution in [0.3, 0.4) is 0 Å². The molecule has 0 heterocycles. The number of hydrogen-bond donors (Lipinski definition) is 1. The maximum Gasteiger partial charge on any atom is 0.0244 e. The van der Waals surface area contributed by atoms with Crippen molar-refractivity contribution in [3.8, 4) is 0 Å². The maximum atomic E-state index is 10.9. The monoisotopic (exact) mass is 257 g/mol. The van der Waals surface area contributed by atoms with Gasteiger partial charge in [0.2, 0.25) is 0 Å². The Labute approximate surface area is 108 Å². The molecule has 2 nitrogen and oxygen atoms in total. The molecule has 0 saturated heterocycles. The quantitative estimate of drug-likeness (QED) is 0.767. The molecule has 2 aliphatic rings. The molecular weight excluding hydrogens is 230 g/mol. The Morgan fingerprint density at radius 1 is 1.18 bits per heavy atom. The van der Waals surface area contributed by atoms with E-state index in [-0.39, 0.29) is 0 Å². The first-order chi connectivity index (χ1) is 8.20. The van der Waals surface area contributed by atoms with E-state index in [0.29, 0.717) is 0 Å². The summed E-state index contributed by atoms with van der Waals surface area (Å²) in [6, 6.07) is 0.742. The highest BCUT2D eigenvalue weighted by Crippen LogP contribution is 2.48. The molecule has 1 unspecified atom stereocenters. The average molecular weight is 257 g/mol. The summed E-state index contributed by atoms with van der Waals surface area (Å²) >= 11 is 0. The minimum atomic E-state index is -0.619. The van der Waals surface area contributed by atoms with Crippen molar-refractivity contribution in [2.45, 2.75) is 63.8 Å². The second kappa shape index (κ2) is 6.33. The van der Waals surface area contributed by atoms with E-state index >= 15 is 0 Å². The van der Waals surface area contributed by atoms with E-state index in [1.165, 1.54) is 51.4 Å². The van der Waals surface area contributed by atoms with E-state index in [4.69, 9.17) is 0 Å². The van der Waals surface area contributed by atoms with Gasteiger partial charge in [-0.1, -0.05) is 12.8 Å². The minimum Gasteiger partial charge on any atom is -0.314 e. The molecule has 0 aliphatic heterocycles. The summed E-state index contributed by atoms with van der Waals surface area (Å²) in [7, 11) is -0.619. The van der Waals surface area contributed by atoms with E-state index < -0.39 is 10.8 Å². The van der Waals surface area contributed by atoms with E-state index in [9.17, 15) is 4.21 Å². The number of hydrogen-bond acceptors (Lipinski definition) is 2. The van der Waals surface area contributed by atoms with E-state index in [1.807, 2.05) is 0 Å². The fourth-order valence-corrected chi connectivity index (χ4v) is 4.19. The fourth-order valence-electron chi connectivity index (χ4n) is 3.64. The van der Waals surface area contributed by atoms with Crippen LogP contribution in [0.4, 0.5) is 0 Å². The lowest BCUT2D eigenvalue weighted by Gasteiger charge is -2.37. The van der Waals surface area contributed by atoms with Gasteiger partial charge in [0, 0.05) is 28.9 Å². The van der Waals surface area contributed by atoms with Crippen molar-refractivity contribution >= 4 is 10.8 Å². The first kappa shape index (κ1) is 13.5. The minimum absolute atomic E-state index is 0.619. The molecule has 2 rings (SSSR count). The summed E-state index contributed by atoms with van der Waals surface area (Å²) < 4.78 is 10.9. The number of rotatable bonds is 5. The van der Waals surface area contributed by atoms with Gasteiger partial charge in [0.25, 0.3) is 0 Å². The molecule has 0 bridgehead atoms. The summed E-state index contributed by atoms with van der Waals surface area (Å²) in [5, 5.41) is 3.65. The highest BCUT2D eigenvalue weighted by molar-refractivity contribution is 7.84. The van der Waals surface area contributed by atoms with Gasteiger partial charge in [-0.2, -0.15) is 0 Å². The zero-order chi connectivity index (χ0) is 12.1. The SMILES string of the molecule is CS(=O)CCCNC1CCC2(CCCC2)CC1. The topological polar surface area (TPSA) is 29.1 Å². The predicted molar refractivity (Wildman–Crippen MR) is 74.7 cm³/mol. The molecule has 100 valence electrons. The Hall–Kier alpha value is 0.110. The zero-order valence-electron chi connectivity index (χ0n) is 11.2. The van der Waals surface area contributed by atoms with Crippen molar-refractivity contribution in [1.29, 1.82) is 0 Å². The van der Waals surface area contributed by atoms with Gasteiger partial charge in [0.15, 0.2) is 0 Å². The van der Waals surface area contributed by atoms with Crippen LogP contribution < -0.4 is 5.32 Å². The fraction of sp³-hybridized carbons (Fsp3) is 1.00. The zero-order valence-corrected chi connectivity index (χ0v) is 12.0. The third-order valence-electron chi connectivity index (χ3n) is 4.75. The van der Waals surface area contributed by atoms with Crippen LogP contribution in [0.5, 0.6) is 0 Å². The largest absolute Gasteiger partial charge is 0.314 e. The van der Waals surface area contributed by atoms with Gasteiger partial charge in [-0.15, -0.1) is 0 Å². The van der Waals surface area contributed by atoms with Gasteiger partial charge < -0.3 is 5.32 Å². The summed E-state index contributed by atoms with van der Waals surface area (Å²) in [5.41, 5.74) is 0.753. The van der Waals surface area contributed by atoms with Crippen LogP contribution in [0, 0.1) is 5.41 Å². The predicted octanol–water partition coefficient (Wildman–Crippen LogP) is 2.85. The molecule has 0 amide bonds. The van der Waals surface area contributed by atoms with Crippen LogP contribution in [0.1, 0.15) is 57.8 Å². The Kier molecular flexibility index (Phi) is 5.04. The molecule has 0 radical (unpaired) electrons. The third kappa shape index (κ3) is 4.06. The molecule has 2 aliphatic carbocycles. The highest BCUT2D eigenvalue weighted by atomic mass is 32.2. The van der Waals surface area contributed by atoms with Gasteiger partial charge in [0.1, 0.15) is 0 Å². The summed E-state index contributed by atoms with van der Waals surface area (Å²) in [5.74, 6) is 0.851. The summed E-state index contributed by atoms with van der Waals surface area (Å²) in [4.78, 5) is 0. The van der Waals surface area contributed by atoms with Crippen molar-refractivity contribution < 1.29 is 4.21 Å². The van der Waals surface area contributed by atoms with Gasteiger partial charge >= 0.3 is 0 Å². The van der Waals surface area contributed by atoms with Crippen LogP contribution in [-0.4, -0.2) is 28.8 Å². The maximum absolute atomic E-state index is 10.9. The summed E-state index contributed by atoms with van der Waals surface area (Å²) in [6.45, 7) is 1.05. The lowest BCUT2D eigenvalue weighted by molar-refractivity contribution is 0.169. The van der Waals surface area contributed by atoms with E-state index in [1.54, 1.807) is 6.26 Å². The van der Waals surface area contributed by atoms with Crippen molar-refractivity contribution in [3.05, 3.63) is 0 Å². The molecule has 3 heteroatoms. The Bertz CT molecular complexity index is 251. The van der Waals surface area contributed by atoms with Gasteiger partial charge in [0.05, 0.1) is 0 Å². The first-order valence-electron chi connectivity index (χ1n) is 7.24. The van der Waals surface area contributed by atoms with Gasteiger partial charge in [-0.3, -0.25) is 4.21 Å². The summed E-state index contributed by atoms with van der Waals surface area (Å²) in [6.07, 6.45) is 14.4. The van der Waals surface area contributed by atoms with Gasteiger partial charge in [-0.25, -0.2) is 0 Å². The molecule has 0 aromatic carbocycles. The van der Waals surface area contributed by atoms with Crippen LogP contribution >= 0.6 is 0 Å². The Morgan fingerprint density at radius 3 is 2.41 bits per heavy atom. The molecule has 0 aromatic heterocycles. The van der Waals surface area contributed by atoms with Crippen LogP contribution in [0.15, 0.2) is 0 Å². The Balaban J connectivity index is 1.60. The smallest absolute Gasteiger partial charge is 0.0244 e. The van der Waals surface area contributed by atoms with E-state index in [0.717, 1.165) is 30.2 Å². The molecule has 1 N–H and O–H groups in total. The van der Waals surface area contributed by atoms with Crippen LogP contribution in [0.25, 0.3) is 0 Å². The molecule has 2 saturated carbocycles. The Morgan fingerprint density at radius 2 is 1.82 bits per heavy atom. The lowest BCUT2D eigenvalue weighted by atomic mass is 9.71. The standard InChI is InChI=1S/C14H27NOS/c1-17(16)12-4-11-15-13-5-9-14(10-6-13)7-2-3-8-14/h13,15H,2-12H2,1H3. The second-order valence-corrected chi connectivity index (χ2v) is 7.62. The highest BCUT2D eigenvalue weighted by Gasteiger charge is 2.37. The van der Waals surface area contributed by atoms with Crippen LogP contribution in [-0.2, 0) is 10.8 Å². The van der Waals surface area contributed by atoms with Crippen LogP contribution in [0.2, 0.25) is 0 Å².